The summed E-state index contributed by atoms with van der Waals surface area (Å²) < 4.78 is 0. The molecule has 70 valence electrons. The summed E-state index contributed by atoms with van der Waals surface area (Å²) in [5, 5.41) is 12.5. The average Bonchev–Trinajstić information content (AvgIpc) is 2.03. The SMILES string of the molecule is CN=C(N)NC1CC(O)C1(C)C. The molecule has 1 aliphatic rings. The Morgan fingerprint density at radius 1 is 1.67 bits per heavy atom. The van der Waals surface area contributed by atoms with Crippen LogP contribution in [0.5, 0.6) is 0 Å². The minimum absolute atomic E-state index is 0.0880. The second-order valence-electron chi connectivity index (χ2n) is 3.88. The number of guanidine groups is 1. The molecule has 1 aliphatic carbocycles. The molecule has 12 heavy (non-hydrogen) atoms. The Morgan fingerprint density at radius 3 is 2.58 bits per heavy atom. The molecular formula is C8H17N3O. The van der Waals surface area contributed by atoms with Gasteiger partial charge in [0.25, 0.3) is 0 Å². The molecule has 0 saturated heterocycles. The summed E-state index contributed by atoms with van der Waals surface area (Å²) in [6.45, 7) is 4.03. The van der Waals surface area contributed by atoms with Crippen LogP contribution in [0.1, 0.15) is 20.3 Å². The van der Waals surface area contributed by atoms with Crippen LogP contribution in [0, 0.1) is 5.41 Å². The lowest BCUT2D eigenvalue weighted by molar-refractivity contribution is -0.0660. The number of hydrogen-bond donors (Lipinski definition) is 3. The molecule has 4 heteroatoms. The lowest BCUT2D eigenvalue weighted by Crippen LogP contribution is -2.62. The predicted molar refractivity (Wildman–Crippen MR) is 48.9 cm³/mol. The van der Waals surface area contributed by atoms with Gasteiger partial charge in [0.2, 0.25) is 0 Å². The van der Waals surface area contributed by atoms with Crippen molar-refractivity contribution in [3.05, 3.63) is 0 Å². The minimum Gasteiger partial charge on any atom is -0.392 e. The molecule has 2 unspecified atom stereocenters. The van der Waals surface area contributed by atoms with E-state index in [1.165, 1.54) is 0 Å². The number of rotatable bonds is 1. The van der Waals surface area contributed by atoms with Crippen LogP contribution >= 0.6 is 0 Å². The molecule has 4 N–H and O–H groups in total. The lowest BCUT2D eigenvalue weighted by atomic mass is 9.65. The van der Waals surface area contributed by atoms with Gasteiger partial charge in [-0.3, -0.25) is 4.99 Å². The number of nitrogens with one attached hydrogen (secondary N) is 1. The van der Waals surface area contributed by atoms with Crippen molar-refractivity contribution in [1.82, 2.24) is 5.32 Å². The quantitative estimate of drug-likeness (QED) is 0.374. The Labute approximate surface area is 72.9 Å². The maximum Gasteiger partial charge on any atom is 0.188 e. The molecule has 0 amide bonds. The molecule has 0 aromatic carbocycles. The molecule has 0 spiro atoms. The van der Waals surface area contributed by atoms with E-state index in [0.29, 0.717) is 5.96 Å². The van der Waals surface area contributed by atoms with Gasteiger partial charge in [-0.2, -0.15) is 0 Å². The molecule has 2 atom stereocenters. The minimum atomic E-state index is -0.223. The average molecular weight is 171 g/mol. The first-order valence-corrected chi connectivity index (χ1v) is 4.15. The first kappa shape index (κ1) is 9.32. The summed E-state index contributed by atoms with van der Waals surface area (Å²) in [6, 6.07) is 0.246. The summed E-state index contributed by atoms with van der Waals surface area (Å²) in [5.41, 5.74) is 5.42. The van der Waals surface area contributed by atoms with Gasteiger partial charge in [0.1, 0.15) is 0 Å². The van der Waals surface area contributed by atoms with Gasteiger partial charge >= 0.3 is 0 Å². The number of nitrogens with zero attached hydrogens (tertiary/aromatic N) is 1. The van der Waals surface area contributed by atoms with E-state index in [9.17, 15) is 5.11 Å². The monoisotopic (exact) mass is 171 g/mol. The second kappa shape index (κ2) is 2.94. The third-order valence-electron chi connectivity index (χ3n) is 2.78. The van der Waals surface area contributed by atoms with Crippen molar-refractivity contribution in [3.8, 4) is 0 Å². The largest absolute Gasteiger partial charge is 0.392 e. The maximum absolute atomic E-state index is 9.41. The second-order valence-corrected chi connectivity index (χ2v) is 3.88. The van der Waals surface area contributed by atoms with Crippen molar-refractivity contribution in [1.29, 1.82) is 0 Å². The van der Waals surface area contributed by atoms with E-state index in [0.717, 1.165) is 6.42 Å². The highest BCUT2D eigenvalue weighted by Gasteiger charge is 2.47. The summed E-state index contributed by atoms with van der Waals surface area (Å²) in [7, 11) is 1.64. The Hall–Kier alpha value is -0.770. The lowest BCUT2D eigenvalue weighted by Gasteiger charge is -2.49. The van der Waals surface area contributed by atoms with Crippen LogP contribution in [-0.2, 0) is 0 Å². The van der Waals surface area contributed by atoms with Crippen LogP contribution in [0.4, 0.5) is 0 Å². The van der Waals surface area contributed by atoms with Crippen molar-refractivity contribution in [2.24, 2.45) is 16.1 Å². The molecule has 4 nitrogen and oxygen atoms in total. The zero-order valence-electron chi connectivity index (χ0n) is 7.83. The molecular weight excluding hydrogens is 154 g/mol. The molecule has 0 aliphatic heterocycles. The van der Waals surface area contributed by atoms with Crippen LogP contribution < -0.4 is 11.1 Å². The number of hydrogen-bond acceptors (Lipinski definition) is 2. The molecule has 0 bridgehead atoms. The van der Waals surface area contributed by atoms with E-state index in [4.69, 9.17) is 5.73 Å². The molecule has 0 aromatic heterocycles. The van der Waals surface area contributed by atoms with Gasteiger partial charge in [-0.1, -0.05) is 13.8 Å². The molecule has 0 radical (unpaired) electrons. The van der Waals surface area contributed by atoms with Gasteiger partial charge < -0.3 is 16.2 Å². The van der Waals surface area contributed by atoms with E-state index < -0.39 is 0 Å². The smallest absolute Gasteiger partial charge is 0.188 e. The van der Waals surface area contributed by atoms with E-state index in [1.54, 1.807) is 7.05 Å². The fourth-order valence-electron chi connectivity index (χ4n) is 1.39. The zero-order valence-corrected chi connectivity index (χ0v) is 7.83. The fraction of sp³-hybridized carbons (Fsp3) is 0.875. The highest BCUT2D eigenvalue weighted by molar-refractivity contribution is 5.78. The highest BCUT2D eigenvalue weighted by Crippen LogP contribution is 2.40. The van der Waals surface area contributed by atoms with Crippen LogP contribution in [0.25, 0.3) is 0 Å². The van der Waals surface area contributed by atoms with Gasteiger partial charge in [0, 0.05) is 18.5 Å². The van der Waals surface area contributed by atoms with Crippen molar-refractivity contribution < 1.29 is 5.11 Å². The van der Waals surface area contributed by atoms with Gasteiger partial charge in [0.05, 0.1) is 6.10 Å². The van der Waals surface area contributed by atoms with Gasteiger partial charge in [-0.05, 0) is 6.42 Å². The first-order valence-electron chi connectivity index (χ1n) is 4.15. The maximum atomic E-state index is 9.41. The standard InChI is InChI=1S/C8H17N3O/c1-8(2)5(4-6(8)12)11-7(9)10-3/h5-6,12H,4H2,1-3H3,(H3,9,10,11). The van der Waals surface area contributed by atoms with Gasteiger partial charge in [-0.25, -0.2) is 0 Å². The summed E-state index contributed by atoms with van der Waals surface area (Å²) >= 11 is 0. The third kappa shape index (κ3) is 1.39. The number of aliphatic hydroxyl groups excluding tert-OH is 1. The number of aliphatic hydroxyl groups is 1. The molecule has 1 rings (SSSR count). The molecule has 1 saturated carbocycles. The third-order valence-corrected chi connectivity index (χ3v) is 2.78. The van der Waals surface area contributed by atoms with Gasteiger partial charge in [-0.15, -0.1) is 0 Å². The summed E-state index contributed by atoms with van der Waals surface area (Å²) in [6.07, 6.45) is 0.531. The first-order chi connectivity index (χ1) is 5.48. The van der Waals surface area contributed by atoms with Crippen LogP contribution in [0.2, 0.25) is 0 Å². The van der Waals surface area contributed by atoms with Crippen molar-refractivity contribution >= 4 is 5.96 Å². The van der Waals surface area contributed by atoms with Gasteiger partial charge in [0.15, 0.2) is 5.96 Å². The van der Waals surface area contributed by atoms with E-state index in [-0.39, 0.29) is 17.6 Å². The molecule has 1 fully saturated rings. The summed E-state index contributed by atoms with van der Waals surface area (Å²) in [5.74, 6) is 0.444. The van der Waals surface area contributed by atoms with E-state index in [1.807, 2.05) is 13.8 Å². The van der Waals surface area contributed by atoms with E-state index in [2.05, 4.69) is 10.3 Å². The number of aliphatic imine (C=N–C) groups is 1. The number of nitrogens with two attached hydrogens (primary N) is 1. The molecule has 0 aromatic rings. The summed E-state index contributed by atoms with van der Waals surface area (Å²) in [4.78, 5) is 3.80. The van der Waals surface area contributed by atoms with Crippen LogP contribution in [0.3, 0.4) is 0 Å². The van der Waals surface area contributed by atoms with Crippen molar-refractivity contribution in [2.75, 3.05) is 7.05 Å². The Balaban J connectivity index is 2.48. The molecule has 0 heterocycles. The highest BCUT2D eigenvalue weighted by atomic mass is 16.3. The van der Waals surface area contributed by atoms with Crippen molar-refractivity contribution in [2.45, 2.75) is 32.4 Å². The fourth-order valence-corrected chi connectivity index (χ4v) is 1.39. The predicted octanol–water partition coefficient (Wildman–Crippen LogP) is -0.320. The Kier molecular flexibility index (Phi) is 2.28. The van der Waals surface area contributed by atoms with E-state index >= 15 is 0 Å². The topological polar surface area (TPSA) is 70.6 Å². The van der Waals surface area contributed by atoms with Crippen LogP contribution in [0.15, 0.2) is 4.99 Å². The normalized spacial score (nSPS) is 34.2. The Morgan fingerprint density at radius 2 is 2.25 bits per heavy atom. The Bertz CT molecular complexity index is 200. The zero-order chi connectivity index (χ0) is 9.35. The van der Waals surface area contributed by atoms with Crippen LogP contribution in [-0.4, -0.2) is 30.3 Å². The van der Waals surface area contributed by atoms with Crippen molar-refractivity contribution in [3.63, 3.8) is 0 Å².